The maximum atomic E-state index is 12.0. The molecule has 0 aliphatic carbocycles. The molecule has 0 radical (unpaired) electrons. The number of likely N-dealkylation sites (N-methyl/N-ethyl adjacent to an activating group) is 1. The fourth-order valence-electron chi connectivity index (χ4n) is 2.55. The lowest BCUT2D eigenvalue weighted by molar-refractivity contribution is 0.255. The van der Waals surface area contributed by atoms with Crippen LogP contribution in [0.1, 0.15) is 18.9 Å². The number of aryl methyl sites for hydroxylation is 1. The summed E-state index contributed by atoms with van der Waals surface area (Å²) in [7, 11) is 3.74. The monoisotopic (exact) mass is 348 g/mol. The lowest BCUT2D eigenvalue weighted by atomic mass is 10.1. The normalized spacial score (nSPS) is 12.4. The Hall–Kier alpha value is -1.85. The number of hydrogen-bond donors (Lipinski definition) is 1. The molecule has 0 bridgehead atoms. The molecule has 24 heavy (non-hydrogen) atoms. The SMILES string of the molecule is CC(Cc1ccccc1)N(C)CCCNc1c(Cl)cnn(C)c1=O. The van der Waals surface area contributed by atoms with Gasteiger partial charge in [-0.25, -0.2) is 4.68 Å². The zero-order valence-electron chi connectivity index (χ0n) is 14.5. The molecule has 130 valence electrons. The topological polar surface area (TPSA) is 50.2 Å². The first-order chi connectivity index (χ1) is 11.5. The molecule has 1 atom stereocenters. The Kier molecular flexibility index (Phi) is 6.82. The number of rotatable bonds is 8. The first-order valence-corrected chi connectivity index (χ1v) is 8.56. The van der Waals surface area contributed by atoms with Crippen molar-refractivity contribution >= 4 is 17.3 Å². The van der Waals surface area contributed by atoms with Crippen LogP contribution < -0.4 is 10.9 Å². The van der Waals surface area contributed by atoms with Crippen molar-refractivity contribution < 1.29 is 0 Å². The standard InChI is InChI=1S/C18H25ClN4O/c1-14(12-15-8-5-4-6-9-15)22(2)11-7-10-20-17-16(19)13-21-23(3)18(17)24/h4-6,8-9,13-14,20H,7,10-12H2,1-3H3. The summed E-state index contributed by atoms with van der Waals surface area (Å²) < 4.78 is 1.28. The van der Waals surface area contributed by atoms with Crippen LogP contribution in [-0.4, -0.2) is 40.9 Å². The Morgan fingerprint density at radius 3 is 2.75 bits per heavy atom. The zero-order valence-corrected chi connectivity index (χ0v) is 15.3. The van der Waals surface area contributed by atoms with Gasteiger partial charge in [-0.3, -0.25) is 4.79 Å². The van der Waals surface area contributed by atoms with Crippen molar-refractivity contribution in [2.75, 3.05) is 25.5 Å². The Balaban J connectivity index is 1.78. The predicted octanol–water partition coefficient (Wildman–Crippen LogP) is 2.80. The van der Waals surface area contributed by atoms with Crippen molar-refractivity contribution in [3.8, 4) is 0 Å². The highest BCUT2D eigenvalue weighted by Crippen LogP contribution is 2.14. The average molecular weight is 349 g/mol. The van der Waals surface area contributed by atoms with Gasteiger partial charge >= 0.3 is 0 Å². The van der Waals surface area contributed by atoms with Crippen LogP contribution in [-0.2, 0) is 13.5 Å². The molecule has 2 rings (SSSR count). The van der Waals surface area contributed by atoms with Gasteiger partial charge in [0, 0.05) is 19.6 Å². The predicted molar refractivity (Wildman–Crippen MR) is 99.8 cm³/mol. The molecule has 5 nitrogen and oxygen atoms in total. The third-order valence-electron chi connectivity index (χ3n) is 4.21. The van der Waals surface area contributed by atoms with E-state index in [1.165, 1.54) is 16.4 Å². The minimum absolute atomic E-state index is 0.201. The fourth-order valence-corrected chi connectivity index (χ4v) is 2.74. The molecule has 0 saturated carbocycles. The van der Waals surface area contributed by atoms with Gasteiger partial charge in [0.25, 0.3) is 5.56 Å². The first-order valence-electron chi connectivity index (χ1n) is 8.19. The molecule has 0 spiro atoms. The van der Waals surface area contributed by atoms with Crippen molar-refractivity contribution in [1.29, 1.82) is 0 Å². The highest BCUT2D eigenvalue weighted by Gasteiger charge is 2.11. The molecule has 0 aliphatic rings. The van der Waals surface area contributed by atoms with Crippen LogP contribution >= 0.6 is 11.6 Å². The summed E-state index contributed by atoms with van der Waals surface area (Å²) in [5.41, 5.74) is 1.57. The van der Waals surface area contributed by atoms with E-state index in [1.54, 1.807) is 7.05 Å². The summed E-state index contributed by atoms with van der Waals surface area (Å²) in [6.45, 7) is 3.88. The molecular weight excluding hydrogens is 324 g/mol. The second-order valence-corrected chi connectivity index (χ2v) is 6.50. The molecule has 0 saturated heterocycles. The molecule has 1 aromatic heterocycles. The Bertz CT molecular complexity index is 702. The van der Waals surface area contributed by atoms with E-state index in [0.29, 0.717) is 23.3 Å². The third-order valence-corrected chi connectivity index (χ3v) is 4.49. The molecule has 1 aromatic carbocycles. The van der Waals surface area contributed by atoms with E-state index in [0.717, 1.165) is 19.4 Å². The Morgan fingerprint density at radius 1 is 1.33 bits per heavy atom. The number of aromatic nitrogens is 2. The largest absolute Gasteiger partial charge is 0.379 e. The lowest BCUT2D eigenvalue weighted by Crippen LogP contribution is -2.33. The van der Waals surface area contributed by atoms with Gasteiger partial charge in [0.15, 0.2) is 0 Å². The maximum Gasteiger partial charge on any atom is 0.291 e. The summed E-state index contributed by atoms with van der Waals surface area (Å²) >= 11 is 6.03. The van der Waals surface area contributed by atoms with Crippen LogP contribution in [0, 0.1) is 0 Å². The smallest absolute Gasteiger partial charge is 0.291 e. The quantitative estimate of drug-likeness (QED) is 0.745. The number of benzene rings is 1. The molecule has 0 amide bonds. The van der Waals surface area contributed by atoms with Gasteiger partial charge in [-0.2, -0.15) is 5.10 Å². The van der Waals surface area contributed by atoms with Crippen LogP contribution in [0.25, 0.3) is 0 Å². The number of nitrogens with zero attached hydrogens (tertiary/aromatic N) is 3. The van der Waals surface area contributed by atoms with E-state index < -0.39 is 0 Å². The van der Waals surface area contributed by atoms with Crippen LogP contribution in [0.5, 0.6) is 0 Å². The van der Waals surface area contributed by atoms with Crippen LogP contribution in [0.15, 0.2) is 41.3 Å². The number of nitrogens with one attached hydrogen (secondary N) is 1. The summed E-state index contributed by atoms with van der Waals surface area (Å²) in [4.78, 5) is 14.3. The van der Waals surface area contributed by atoms with Crippen LogP contribution in [0.3, 0.4) is 0 Å². The van der Waals surface area contributed by atoms with Gasteiger partial charge in [-0.15, -0.1) is 0 Å². The molecule has 1 heterocycles. The van der Waals surface area contributed by atoms with Gasteiger partial charge < -0.3 is 10.2 Å². The molecule has 6 heteroatoms. The van der Waals surface area contributed by atoms with Crippen molar-refractivity contribution in [2.45, 2.75) is 25.8 Å². The van der Waals surface area contributed by atoms with E-state index in [2.05, 4.69) is 53.6 Å². The third kappa shape index (κ3) is 5.08. The maximum absolute atomic E-state index is 12.0. The van der Waals surface area contributed by atoms with E-state index in [-0.39, 0.29) is 5.56 Å². The molecule has 2 aromatic rings. The van der Waals surface area contributed by atoms with E-state index in [1.807, 2.05) is 6.07 Å². The minimum Gasteiger partial charge on any atom is -0.379 e. The summed E-state index contributed by atoms with van der Waals surface area (Å²) in [6, 6.07) is 11.0. The van der Waals surface area contributed by atoms with E-state index in [9.17, 15) is 4.79 Å². The van der Waals surface area contributed by atoms with Crippen molar-refractivity contribution in [1.82, 2.24) is 14.7 Å². The second kappa shape index (κ2) is 8.85. The zero-order chi connectivity index (χ0) is 17.5. The van der Waals surface area contributed by atoms with Crippen molar-refractivity contribution in [3.63, 3.8) is 0 Å². The average Bonchev–Trinajstić information content (AvgIpc) is 2.58. The summed E-state index contributed by atoms with van der Waals surface area (Å²) in [6.07, 6.45) is 3.44. The lowest BCUT2D eigenvalue weighted by Gasteiger charge is -2.25. The summed E-state index contributed by atoms with van der Waals surface area (Å²) in [5, 5.41) is 7.38. The number of hydrogen-bond acceptors (Lipinski definition) is 4. The fraction of sp³-hybridized carbons (Fsp3) is 0.444. The van der Waals surface area contributed by atoms with E-state index in [4.69, 9.17) is 11.6 Å². The summed E-state index contributed by atoms with van der Waals surface area (Å²) in [5.74, 6) is 0. The molecule has 0 fully saturated rings. The van der Waals surface area contributed by atoms with Gasteiger partial charge in [-0.1, -0.05) is 41.9 Å². The van der Waals surface area contributed by atoms with Crippen LogP contribution in [0.4, 0.5) is 5.69 Å². The first kappa shape index (κ1) is 18.5. The van der Waals surface area contributed by atoms with Gasteiger partial charge in [0.2, 0.25) is 0 Å². The Morgan fingerprint density at radius 2 is 2.04 bits per heavy atom. The van der Waals surface area contributed by atoms with Gasteiger partial charge in [0.05, 0.1) is 11.2 Å². The minimum atomic E-state index is -0.201. The van der Waals surface area contributed by atoms with Crippen molar-refractivity contribution in [2.24, 2.45) is 7.05 Å². The second-order valence-electron chi connectivity index (χ2n) is 6.10. The van der Waals surface area contributed by atoms with Crippen LogP contribution in [0.2, 0.25) is 5.02 Å². The molecule has 0 aliphatic heterocycles. The van der Waals surface area contributed by atoms with Gasteiger partial charge in [0.1, 0.15) is 5.69 Å². The molecular formula is C18H25ClN4O. The Labute approximate surface area is 148 Å². The molecule has 1 unspecified atom stereocenters. The van der Waals surface area contributed by atoms with Gasteiger partial charge in [-0.05, 0) is 38.9 Å². The number of anilines is 1. The molecule has 1 N–H and O–H groups in total. The van der Waals surface area contributed by atoms with E-state index >= 15 is 0 Å². The number of halogens is 1. The van der Waals surface area contributed by atoms with Crippen molar-refractivity contribution in [3.05, 3.63) is 57.5 Å². The highest BCUT2D eigenvalue weighted by molar-refractivity contribution is 6.32. The highest BCUT2D eigenvalue weighted by atomic mass is 35.5.